The van der Waals surface area contributed by atoms with Gasteiger partial charge in [0.2, 0.25) is 5.89 Å². The van der Waals surface area contributed by atoms with Crippen molar-refractivity contribution in [3.05, 3.63) is 33.4 Å². The molecule has 0 saturated carbocycles. The molecule has 0 fully saturated rings. The van der Waals surface area contributed by atoms with Crippen LogP contribution in [0.3, 0.4) is 0 Å². The van der Waals surface area contributed by atoms with Crippen molar-refractivity contribution in [1.29, 1.82) is 0 Å². The van der Waals surface area contributed by atoms with Crippen molar-refractivity contribution in [1.82, 2.24) is 20.6 Å². The van der Waals surface area contributed by atoms with Crippen molar-refractivity contribution < 1.29 is 9.21 Å². The molecule has 21 heavy (non-hydrogen) atoms. The van der Waals surface area contributed by atoms with Crippen LogP contribution in [-0.4, -0.2) is 22.5 Å². The second-order valence-corrected chi connectivity index (χ2v) is 5.93. The first-order valence-corrected chi connectivity index (χ1v) is 7.70. The fourth-order valence-electron chi connectivity index (χ4n) is 1.76. The molecule has 2 heterocycles. The molecule has 0 saturated heterocycles. The molecular formula is C14H20N4O2S. The summed E-state index contributed by atoms with van der Waals surface area (Å²) in [5, 5.41) is 8.60. The quantitative estimate of drug-likeness (QED) is 0.890. The van der Waals surface area contributed by atoms with Crippen LogP contribution in [0.2, 0.25) is 0 Å². The molecule has 0 aliphatic heterocycles. The minimum atomic E-state index is -0.233. The highest BCUT2D eigenvalue weighted by atomic mass is 32.1. The Bertz CT molecular complexity index is 601. The van der Waals surface area contributed by atoms with E-state index in [9.17, 15) is 4.79 Å². The number of amides is 2. The maximum Gasteiger partial charge on any atom is 0.315 e. The van der Waals surface area contributed by atoms with E-state index >= 15 is 0 Å². The molecule has 2 N–H and O–H groups in total. The number of aromatic nitrogens is 2. The molecule has 0 radical (unpaired) electrons. The van der Waals surface area contributed by atoms with E-state index in [1.807, 2.05) is 33.1 Å². The van der Waals surface area contributed by atoms with Gasteiger partial charge in [0.1, 0.15) is 5.76 Å². The number of oxazole rings is 1. The summed E-state index contributed by atoms with van der Waals surface area (Å²) in [6, 6.07) is -0.233. The van der Waals surface area contributed by atoms with Gasteiger partial charge < -0.3 is 15.1 Å². The third-order valence-corrected chi connectivity index (χ3v) is 4.29. The smallest absolute Gasteiger partial charge is 0.315 e. The predicted molar refractivity (Wildman–Crippen MR) is 81.5 cm³/mol. The van der Waals surface area contributed by atoms with Crippen LogP contribution in [0.1, 0.15) is 40.9 Å². The molecule has 7 heteroatoms. The van der Waals surface area contributed by atoms with Gasteiger partial charge in [-0.15, -0.1) is 11.3 Å². The van der Waals surface area contributed by atoms with E-state index in [1.165, 1.54) is 0 Å². The zero-order chi connectivity index (χ0) is 15.4. The number of carbonyl (C=O) groups excluding carboxylic acids is 1. The van der Waals surface area contributed by atoms with Crippen molar-refractivity contribution in [3.8, 4) is 0 Å². The Morgan fingerprint density at radius 1 is 1.33 bits per heavy atom. The van der Waals surface area contributed by atoms with Gasteiger partial charge in [-0.2, -0.15) is 0 Å². The lowest BCUT2D eigenvalue weighted by Crippen LogP contribution is -2.37. The Morgan fingerprint density at radius 3 is 2.67 bits per heavy atom. The fourth-order valence-corrected chi connectivity index (χ4v) is 2.62. The number of aryl methyl sites for hydroxylation is 3. The zero-order valence-corrected chi connectivity index (χ0v) is 13.5. The van der Waals surface area contributed by atoms with Gasteiger partial charge in [-0.25, -0.2) is 14.8 Å². The third kappa shape index (κ3) is 4.29. The average Bonchev–Trinajstić information content (AvgIpc) is 3.00. The number of nitrogens with zero attached hydrogens (tertiary/aromatic N) is 2. The van der Waals surface area contributed by atoms with E-state index in [0.717, 1.165) is 22.2 Å². The van der Waals surface area contributed by atoms with Gasteiger partial charge in [0, 0.05) is 23.5 Å². The maximum absolute atomic E-state index is 11.7. The average molecular weight is 308 g/mol. The highest BCUT2D eigenvalue weighted by Gasteiger charge is 2.12. The Labute approximate surface area is 128 Å². The van der Waals surface area contributed by atoms with Gasteiger partial charge in [-0.1, -0.05) is 6.92 Å². The summed E-state index contributed by atoms with van der Waals surface area (Å²) in [5.41, 5.74) is 1.86. The molecule has 2 aromatic heterocycles. The largest absolute Gasteiger partial charge is 0.444 e. The van der Waals surface area contributed by atoms with Gasteiger partial charge in [-0.05, 0) is 20.8 Å². The van der Waals surface area contributed by atoms with Crippen LogP contribution in [0.4, 0.5) is 4.79 Å². The number of hydrogen-bond donors (Lipinski definition) is 2. The number of thiazole rings is 1. The van der Waals surface area contributed by atoms with E-state index in [4.69, 9.17) is 4.42 Å². The van der Waals surface area contributed by atoms with Crippen LogP contribution in [0.25, 0.3) is 0 Å². The topological polar surface area (TPSA) is 80.0 Å². The summed E-state index contributed by atoms with van der Waals surface area (Å²) < 4.78 is 5.40. The number of hydrogen-bond acceptors (Lipinski definition) is 5. The summed E-state index contributed by atoms with van der Waals surface area (Å²) in [7, 11) is 0. The number of urea groups is 1. The van der Waals surface area contributed by atoms with Gasteiger partial charge >= 0.3 is 6.03 Å². The highest BCUT2D eigenvalue weighted by molar-refractivity contribution is 7.09. The molecule has 0 aliphatic carbocycles. The molecule has 0 aliphatic rings. The van der Waals surface area contributed by atoms with Crippen LogP contribution in [0, 0.1) is 20.8 Å². The van der Waals surface area contributed by atoms with E-state index in [2.05, 4.69) is 20.6 Å². The van der Waals surface area contributed by atoms with Gasteiger partial charge in [0.05, 0.1) is 17.2 Å². The Balaban J connectivity index is 1.74. The molecule has 114 valence electrons. The summed E-state index contributed by atoms with van der Waals surface area (Å²) >= 11 is 1.62. The summed E-state index contributed by atoms with van der Waals surface area (Å²) in [6.07, 6.45) is 0. The van der Waals surface area contributed by atoms with Gasteiger partial charge in [0.25, 0.3) is 0 Å². The van der Waals surface area contributed by atoms with E-state index in [0.29, 0.717) is 12.4 Å². The zero-order valence-electron chi connectivity index (χ0n) is 12.7. The molecule has 0 spiro atoms. The van der Waals surface area contributed by atoms with Crippen LogP contribution in [-0.2, 0) is 6.54 Å². The molecule has 0 aromatic carbocycles. The molecule has 2 aromatic rings. The molecule has 0 bridgehead atoms. The molecule has 0 unspecified atom stereocenters. The molecular weight excluding hydrogens is 288 g/mol. The minimum absolute atomic E-state index is 0.195. The van der Waals surface area contributed by atoms with E-state index < -0.39 is 0 Å². The number of rotatable bonds is 5. The highest BCUT2D eigenvalue weighted by Crippen LogP contribution is 2.18. The van der Waals surface area contributed by atoms with Crippen molar-refractivity contribution in [3.63, 3.8) is 0 Å². The second kappa shape index (κ2) is 6.71. The Morgan fingerprint density at radius 2 is 2.10 bits per heavy atom. The fraction of sp³-hybridized carbons (Fsp3) is 0.500. The van der Waals surface area contributed by atoms with Crippen molar-refractivity contribution >= 4 is 17.4 Å². The number of carbonyl (C=O) groups is 1. The lowest BCUT2D eigenvalue weighted by Gasteiger charge is -2.10. The van der Waals surface area contributed by atoms with Crippen LogP contribution < -0.4 is 10.6 Å². The minimum Gasteiger partial charge on any atom is -0.444 e. The normalized spacial score (nSPS) is 12.2. The summed E-state index contributed by atoms with van der Waals surface area (Å²) in [6.45, 7) is 8.56. The molecule has 1 atom stereocenters. The van der Waals surface area contributed by atoms with Crippen LogP contribution in [0.5, 0.6) is 0 Å². The van der Waals surface area contributed by atoms with Crippen molar-refractivity contribution in [2.24, 2.45) is 0 Å². The predicted octanol–water partition coefficient (Wildman–Crippen LogP) is 2.66. The molecule has 2 amide bonds. The standard InChI is InChI=1S/C14H20N4O2S/c1-8(13-17-9(2)7-21-13)5-15-14(19)16-6-12-18-10(3)11(4)20-12/h7-8H,5-6H2,1-4H3,(H2,15,16,19)/t8-/m0/s1. The number of nitrogens with one attached hydrogen (secondary N) is 2. The lowest BCUT2D eigenvalue weighted by molar-refractivity contribution is 0.238. The first-order valence-electron chi connectivity index (χ1n) is 6.82. The maximum atomic E-state index is 11.7. The Kier molecular flexibility index (Phi) is 4.95. The first kappa shape index (κ1) is 15.5. The monoisotopic (exact) mass is 308 g/mol. The first-order chi connectivity index (χ1) is 9.95. The van der Waals surface area contributed by atoms with Crippen LogP contribution >= 0.6 is 11.3 Å². The SMILES string of the molecule is Cc1csc([C@@H](C)CNC(=O)NCc2nc(C)c(C)o2)n1. The van der Waals surface area contributed by atoms with Crippen molar-refractivity contribution in [2.75, 3.05) is 6.54 Å². The van der Waals surface area contributed by atoms with Gasteiger partial charge in [-0.3, -0.25) is 0 Å². The lowest BCUT2D eigenvalue weighted by atomic mass is 10.2. The molecule has 6 nitrogen and oxygen atoms in total. The Hall–Kier alpha value is -1.89. The van der Waals surface area contributed by atoms with Crippen molar-refractivity contribution in [2.45, 2.75) is 40.2 Å². The van der Waals surface area contributed by atoms with Gasteiger partial charge in [0.15, 0.2) is 0 Å². The second-order valence-electron chi connectivity index (χ2n) is 5.04. The third-order valence-electron chi connectivity index (χ3n) is 3.10. The molecule has 2 rings (SSSR count). The van der Waals surface area contributed by atoms with Crippen LogP contribution in [0.15, 0.2) is 9.80 Å². The summed E-state index contributed by atoms with van der Waals surface area (Å²) in [5.74, 6) is 1.49. The summed E-state index contributed by atoms with van der Waals surface area (Å²) in [4.78, 5) is 20.4. The van der Waals surface area contributed by atoms with E-state index in [1.54, 1.807) is 11.3 Å². The van der Waals surface area contributed by atoms with E-state index in [-0.39, 0.29) is 18.5 Å².